The smallest absolute Gasteiger partial charge is 0.211 e. The van der Waals surface area contributed by atoms with Crippen LogP contribution in [0.3, 0.4) is 0 Å². The Labute approximate surface area is 138 Å². The first-order valence-corrected chi connectivity index (χ1v) is 9.78. The van der Waals surface area contributed by atoms with Gasteiger partial charge in [0, 0.05) is 45.3 Å². The van der Waals surface area contributed by atoms with Crippen LogP contribution in [0.2, 0.25) is 0 Å². The van der Waals surface area contributed by atoms with E-state index in [1.165, 1.54) is 16.6 Å². The van der Waals surface area contributed by atoms with Crippen molar-refractivity contribution in [3.63, 3.8) is 0 Å². The maximum Gasteiger partial charge on any atom is 0.211 e. The van der Waals surface area contributed by atoms with Gasteiger partial charge in [-0.25, -0.2) is 12.8 Å². The van der Waals surface area contributed by atoms with E-state index in [0.717, 1.165) is 37.3 Å². The third-order valence-corrected chi connectivity index (χ3v) is 5.55. The van der Waals surface area contributed by atoms with Crippen LogP contribution in [0, 0.1) is 12.7 Å². The molecule has 2 rings (SSSR count). The van der Waals surface area contributed by atoms with Gasteiger partial charge in [0.2, 0.25) is 10.0 Å². The monoisotopic (exact) mass is 343 g/mol. The third-order valence-electron chi connectivity index (χ3n) is 4.24. The molecule has 7 heteroatoms. The van der Waals surface area contributed by atoms with Gasteiger partial charge in [0.15, 0.2) is 0 Å². The summed E-state index contributed by atoms with van der Waals surface area (Å²) in [6.07, 6.45) is 1.26. The van der Waals surface area contributed by atoms with Crippen molar-refractivity contribution < 1.29 is 12.8 Å². The molecule has 1 heterocycles. The van der Waals surface area contributed by atoms with Gasteiger partial charge in [0.1, 0.15) is 5.82 Å². The van der Waals surface area contributed by atoms with E-state index in [9.17, 15) is 12.8 Å². The lowest BCUT2D eigenvalue weighted by atomic mass is 10.1. The predicted molar refractivity (Wildman–Crippen MR) is 90.4 cm³/mol. The molecule has 5 nitrogen and oxygen atoms in total. The van der Waals surface area contributed by atoms with Crippen molar-refractivity contribution in [1.82, 2.24) is 14.5 Å². The molecular weight excluding hydrogens is 317 g/mol. The number of benzene rings is 1. The Morgan fingerprint density at radius 2 is 1.87 bits per heavy atom. The molecule has 130 valence electrons. The maximum atomic E-state index is 13.4. The first-order valence-electron chi connectivity index (χ1n) is 7.93. The number of aryl methyl sites for hydroxylation is 1. The molecule has 23 heavy (non-hydrogen) atoms. The van der Waals surface area contributed by atoms with Crippen LogP contribution in [0.15, 0.2) is 18.2 Å². The zero-order valence-electron chi connectivity index (χ0n) is 14.0. The van der Waals surface area contributed by atoms with Crippen LogP contribution in [0.4, 0.5) is 4.39 Å². The summed E-state index contributed by atoms with van der Waals surface area (Å²) in [5.41, 5.74) is 1.87. The molecule has 1 aromatic carbocycles. The van der Waals surface area contributed by atoms with Gasteiger partial charge in [-0.05, 0) is 37.1 Å². The molecule has 1 saturated heterocycles. The molecule has 1 atom stereocenters. The number of nitrogens with one attached hydrogen (secondary N) is 1. The molecule has 1 unspecified atom stereocenters. The molecule has 0 aromatic heterocycles. The van der Waals surface area contributed by atoms with E-state index >= 15 is 0 Å². The maximum absolute atomic E-state index is 13.4. The van der Waals surface area contributed by atoms with Crippen molar-refractivity contribution in [3.8, 4) is 0 Å². The molecule has 0 bridgehead atoms. The summed E-state index contributed by atoms with van der Waals surface area (Å²) in [6, 6.07) is 5.17. The van der Waals surface area contributed by atoms with Crippen LogP contribution in [-0.2, 0) is 10.0 Å². The average Bonchev–Trinajstić information content (AvgIpc) is 2.45. The highest BCUT2D eigenvalue weighted by Gasteiger charge is 2.22. The quantitative estimate of drug-likeness (QED) is 0.847. The summed E-state index contributed by atoms with van der Waals surface area (Å²) in [5, 5.41) is 3.40. The second-order valence-corrected chi connectivity index (χ2v) is 8.22. The summed E-state index contributed by atoms with van der Waals surface area (Å²) in [4.78, 5) is 2.25. The standard InChI is InChI=1S/C16H26FN3O2S/c1-13-10-15(12-16(17)11-13)14(2)18-4-5-19-6-8-20(9-7-19)23(3,21)22/h10-12,14,18H,4-9H2,1-3H3. The number of rotatable bonds is 6. The van der Waals surface area contributed by atoms with Gasteiger partial charge >= 0.3 is 0 Å². The Morgan fingerprint density at radius 3 is 2.43 bits per heavy atom. The first-order chi connectivity index (χ1) is 10.8. The number of nitrogens with zero attached hydrogens (tertiary/aromatic N) is 2. The van der Waals surface area contributed by atoms with Crippen LogP contribution in [0.1, 0.15) is 24.1 Å². The number of sulfonamides is 1. The number of hydrogen-bond donors (Lipinski definition) is 1. The van der Waals surface area contributed by atoms with E-state index in [1.807, 2.05) is 19.9 Å². The molecule has 1 aliphatic heterocycles. The van der Waals surface area contributed by atoms with Crippen LogP contribution in [0.5, 0.6) is 0 Å². The molecule has 1 aliphatic rings. The van der Waals surface area contributed by atoms with Gasteiger partial charge in [0.05, 0.1) is 6.26 Å². The molecule has 0 radical (unpaired) electrons. The lowest BCUT2D eigenvalue weighted by Crippen LogP contribution is -2.49. The fourth-order valence-electron chi connectivity index (χ4n) is 2.86. The van der Waals surface area contributed by atoms with Crippen molar-refractivity contribution in [2.45, 2.75) is 19.9 Å². The predicted octanol–water partition coefficient (Wildman–Crippen LogP) is 1.36. The molecule has 0 aliphatic carbocycles. The molecule has 1 fully saturated rings. The van der Waals surface area contributed by atoms with E-state index in [0.29, 0.717) is 13.1 Å². The number of hydrogen-bond acceptors (Lipinski definition) is 4. The third kappa shape index (κ3) is 5.53. The highest BCUT2D eigenvalue weighted by molar-refractivity contribution is 7.88. The molecule has 0 amide bonds. The van der Waals surface area contributed by atoms with Gasteiger partial charge in [-0.2, -0.15) is 4.31 Å². The highest BCUT2D eigenvalue weighted by atomic mass is 32.2. The Balaban J connectivity index is 1.75. The molecule has 1 aromatic rings. The average molecular weight is 343 g/mol. The lowest BCUT2D eigenvalue weighted by molar-refractivity contribution is 0.188. The topological polar surface area (TPSA) is 52.6 Å². The minimum Gasteiger partial charge on any atom is -0.309 e. The molecule has 1 N–H and O–H groups in total. The highest BCUT2D eigenvalue weighted by Crippen LogP contribution is 2.16. The molecular formula is C16H26FN3O2S. The van der Waals surface area contributed by atoms with Crippen LogP contribution >= 0.6 is 0 Å². The minimum absolute atomic E-state index is 0.0849. The van der Waals surface area contributed by atoms with Crippen molar-refractivity contribution in [1.29, 1.82) is 0 Å². The molecule has 0 saturated carbocycles. The zero-order valence-corrected chi connectivity index (χ0v) is 14.9. The van der Waals surface area contributed by atoms with E-state index in [-0.39, 0.29) is 11.9 Å². The number of piperazine rings is 1. The van der Waals surface area contributed by atoms with Crippen molar-refractivity contribution in [2.24, 2.45) is 0 Å². The van der Waals surface area contributed by atoms with Crippen LogP contribution in [0.25, 0.3) is 0 Å². The number of halogens is 1. The van der Waals surface area contributed by atoms with Crippen molar-refractivity contribution in [2.75, 3.05) is 45.5 Å². The SMILES string of the molecule is Cc1cc(F)cc(C(C)NCCN2CCN(S(C)(=O)=O)CC2)c1. The van der Waals surface area contributed by atoms with Gasteiger partial charge in [0.25, 0.3) is 0 Å². The summed E-state index contributed by atoms with van der Waals surface area (Å²) in [5.74, 6) is -0.203. The van der Waals surface area contributed by atoms with Crippen LogP contribution in [-0.4, -0.2) is 63.1 Å². The Morgan fingerprint density at radius 1 is 1.22 bits per heavy atom. The van der Waals surface area contributed by atoms with Crippen molar-refractivity contribution >= 4 is 10.0 Å². The summed E-state index contributed by atoms with van der Waals surface area (Å²) >= 11 is 0. The van der Waals surface area contributed by atoms with E-state index in [4.69, 9.17) is 0 Å². The summed E-state index contributed by atoms with van der Waals surface area (Å²) in [6.45, 7) is 8.17. The Bertz CT molecular complexity index is 608. The van der Waals surface area contributed by atoms with E-state index in [1.54, 1.807) is 6.07 Å². The first kappa shape index (κ1) is 18.3. The van der Waals surface area contributed by atoms with Gasteiger partial charge in [-0.3, -0.25) is 4.90 Å². The van der Waals surface area contributed by atoms with Gasteiger partial charge in [-0.1, -0.05) is 6.07 Å². The fourth-order valence-corrected chi connectivity index (χ4v) is 3.68. The summed E-state index contributed by atoms with van der Waals surface area (Å²) < 4.78 is 37.9. The van der Waals surface area contributed by atoms with Crippen molar-refractivity contribution in [3.05, 3.63) is 35.1 Å². The minimum atomic E-state index is -3.07. The zero-order chi connectivity index (χ0) is 17.0. The Hall–Kier alpha value is -1.02. The van der Waals surface area contributed by atoms with Gasteiger partial charge in [-0.15, -0.1) is 0 Å². The fraction of sp³-hybridized carbons (Fsp3) is 0.625. The van der Waals surface area contributed by atoms with E-state index < -0.39 is 10.0 Å². The van der Waals surface area contributed by atoms with E-state index in [2.05, 4.69) is 10.2 Å². The second-order valence-electron chi connectivity index (χ2n) is 6.24. The van der Waals surface area contributed by atoms with Gasteiger partial charge < -0.3 is 5.32 Å². The van der Waals surface area contributed by atoms with Crippen LogP contribution < -0.4 is 5.32 Å². The normalized spacial score (nSPS) is 19.0. The largest absolute Gasteiger partial charge is 0.309 e. The second kappa shape index (κ2) is 7.70. The summed E-state index contributed by atoms with van der Waals surface area (Å²) in [7, 11) is -3.07. The Kier molecular flexibility index (Phi) is 6.13. The molecule has 0 spiro atoms. The lowest BCUT2D eigenvalue weighted by Gasteiger charge is -2.33.